The summed E-state index contributed by atoms with van der Waals surface area (Å²) in [6.07, 6.45) is 3.41. The Hall–Kier alpha value is -3.75. The van der Waals surface area contributed by atoms with Gasteiger partial charge in [0.1, 0.15) is 0 Å². The highest BCUT2D eigenvalue weighted by Gasteiger charge is 2.27. The summed E-state index contributed by atoms with van der Waals surface area (Å²) in [5.74, 6) is -3.33. The zero-order valence-corrected chi connectivity index (χ0v) is 14.3. The van der Waals surface area contributed by atoms with Crippen molar-refractivity contribution in [2.24, 2.45) is 5.10 Å². The van der Waals surface area contributed by atoms with E-state index in [0.717, 1.165) is 11.1 Å². The standard InChI is InChI=1S/C16H15N3O2.C2H2O4/c1-12(13-7-9-17-10-8-13)19-15(20)11-21-16(18-19)14-5-3-2-4-6-14;3-1(4)2(5)6/h2-10,12H,11H2,1H3;(H,3,4)(H,5,6). The normalized spacial score (nSPS) is 14.2. The third kappa shape index (κ3) is 5.36. The van der Waals surface area contributed by atoms with Gasteiger partial charge in [0, 0.05) is 18.0 Å². The molecule has 1 aromatic heterocycles. The van der Waals surface area contributed by atoms with Crippen LogP contribution in [-0.4, -0.2) is 50.6 Å². The Balaban J connectivity index is 0.000000380. The maximum atomic E-state index is 12.1. The second-order valence-electron chi connectivity index (χ2n) is 5.36. The molecule has 0 radical (unpaired) electrons. The van der Waals surface area contributed by atoms with Crippen molar-refractivity contribution in [2.75, 3.05) is 6.61 Å². The quantitative estimate of drug-likeness (QED) is 0.782. The monoisotopic (exact) mass is 371 g/mol. The van der Waals surface area contributed by atoms with Gasteiger partial charge in [-0.1, -0.05) is 18.2 Å². The molecule has 0 saturated carbocycles. The molecule has 1 aromatic carbocycles. The summed E-state index contributed by atoms with van der Waals surface area (Å²) < 4.78 is 5.44. The molecule has 9 heteroatoms. The van der Waals surface area contributed by atoms with Gasteiger partial charge in [0.25, 0.3) is 5.91 Å². The van der Waals surface area contributed by atoms with Crippen LogP contribution in [0.15, 0.2) is 60.0 Å². The van der Waals surface area contributed by atoms with Crippen molar-refractivity contribution < 1.29 is 29.3 Å². The van der Waals surface area contributed by atoms with Gasteiger partial charge in [0.05, 0.1) is 6.04 Å². The number of aliphatic carboxylic acids is 2. The summed E-state index contributed by atoms with van der Waals surface area (Å²) in [6.45, 7) is 1.94. The SMILES string of the molecule is CC(c1ccncc1)N1N=C(c2ccccc2)OCC1=O.O=C(O)C(=O)O. The highest BCUT2D eigenvalue weighted by Crippen LogP contribution is 2.23. The van der Waals surface area contributed by atoms with Gasteiger partial charge in [-0.2, -0.15) is 0 Å². The molecule has 2 aromatic rings. The number of pyridine rings is 1. The van der Waals surface area contributed by atoms with E-state index in [0.29, 0.717) is 5.90 Å². The van der Waals surface area contributed by atoms with E-state index in [2.05, 4.69) is 10.1 Å². The number of amides is 1. The van der Waals surface area contributed by atoms with Gasteiger partial charge in [-0.3, -0.25) is 9.78 Å². The van der Waals surface area contributed by atoms with Crippen molar-refractivity contribution in [2.45, 2.75) is 13.0 Å². The van der Waals surface area contributed by atoms with E-state index >= 15 is 0 Å². The van der Waals surface area contributed by atoms with Crippen LogP contribution in [-0.2, 0) is 19.1 Å². The van der Waals surface area contributed by atoms with Crippen LogP contribution in [0.4, 0.5) is 0 Å². The summed E-state index contributed by atoms with van der Waals surface area (Å²) in [6, 6.07) is 13.2. The zero-order chi connectivity index (χ0) is 19.8. The predicted octanol–water partition coefficient (Wildman–Crippen LogP) is 1.52. The average Bonchev–Trinajstić information content (AvgIpc) is 2.69. The topological polar surface area (TPSA) is 129 Å². The number of benzene rings is 1. The average molecular weight is 371 g/mol. The minimum absolute atomic E-state index is 0.00313. The Bertz CT molecular complexity index is 827. The number of rotatable bonds is 3. The third-order valence-electron chi connectivity index (χ3n) is 3.55. The molecule has 1 atom stereocenters. The van der Waals surface area contributed by atoms with Crippen LogP contribution in [0.2, 0.25) is 0 Å². The second-order valence-corrected chi connectivity index (χ2v) is 5.36. The van der Waals surface area contributed by atoms with Crippen LogP contribution in [0.25, 0.3) is 0 Å². The summed E-state index contributed by atoms with van der Waals surface area (Å²) in [5.41, 5.74) is 1.84. The highest BCUT2D eigenvalue weighted by atomic mass is 16.5. The number of hydrogen-bond acceptors (Lipinski definition) is 6. The van der Waals surface area contributed by atoms with Gasteiger partial charge < -0.3 is 14.9 Å². The number of carbonyl (C=O) groups excluding carboxylic acids is 1. The predicted molar refractivity (Wildman–Crippen MR) is 93.7 cm³/mol. The van der Waals surface area contributed by atoms with Gasteiger partial charge in [-0.15, -0.1) is 5.10 Å². The minimum atomic E-state index is -1.82. The second kappa shape index (κ2) is 9.09. The highest BCUT2D eigenvalue weighted by molar-refractivity contribution is 6.27. The molecule has 1 amide bonds. The first kappa shape index (κ1) is 19.6. The van der Waals surface area contributed by atoms with E-state index in [-0.39, 0.29) is 18.6 Å². The molecule has 0 spiro atoms. The summed E-state index contributed by atoms with van der Waals surface area (Å²) in [7, 11) is 0. The van der Waals surface area contributed by atoms with Crippen molar-refractivity contribution >= 4 is 23.7 Å². The van der Waals surface area contributed by atoms with E-state index < -0.39 is 11.9 Å². The molecule has 0 fully saturated rings. The number of carboxylic acids is 2. The molecule has 0 saturated heterocycles. The first-order valence-corrected chi connectivity index (χ1v) is 7.85. The number of hydrogen-bond donors (Lipinski definition) is 2. The van der Waals surface area contributed by atoms with Gasteiger partial charge in [0.2, 0.25) is 5.90 Å². The van der Waals surface area contributed by atoms with Crippen molar-refractivity contribution in [3.05, 3.63) is 66.0 Å². The molecular weight excluding hydrogens is 354 g/mol. The molecule has 1 unspecified atom stereocenters. The third-order valence-corrected chi connectivity index (χ3v) is 3.55. The Morgan fingerprint density at radius 1 is 1.07 bits per heavy atom. The molecule has 27 heavy (non-hydrogen) atoms. The summed E-state index contributed by atoms with van der Waals surface area (Å²) >= 11 is 0. The number of carboxylic acid groups (broad SMARTS) is 2. The van der Waals surface area contributed by atoms with E-state index in [1.54, 1.807) is 12.4 Å². The molecule has 1 aliphatic rings. The maximum Gasteiger partial charge on any atom is 0.414 e. The lowest BCUT2D eigenvalue weighted by Crippen LogP contribution is -2.38. The summed E-state index contributed by atoms with van der Waals surface area (Å²) in [5, 5.41) is 20.6. The minimum Gasteiger partial charge on any atom is -0.473 e. The first-order chi connectivity index (χ1) is 12.9. The molecule has 3 rings (SSSR count). The van der Waals surface area contributed by atoms with E-state index in [1.807, 2.05) is 49.4 Å². The van der Waals surface area contributed by atoms with E-state index in [9.17, 15) is 4.79 Å². The molecule has 1 aliphatic heterocycles. The molecule has 9 nitrogen and oxygen atoms in total. The van der Waals surface area contributed by atoms with Crippen molar-refractivity contribution in [1.29, 1.82) is 0 Å². The van der Waals surface area contributed by atoms with E-state index in [4.69, 9.17) is 24.5 Å². The number of ether oxygens (including phenoxy) is 1. The number of hydrazone groups is 1. The van der Waals surface area contributed by atoms with Crippen LogP contribution < -0.4 is 0 Å². The first-order valence-electron chi connectivity index (χ1n) is 7.85. The number of nitrogens with zero attached hydrogens (tertiary/aromatic N) is 3. The van der Waals surface area contributed by atoms with Crippen LogP contribution in [0.5, 0.6) is 0 Å². The van der Waals surface area contributed by atoms with Crippen molar-refractivity contribution in [1.82, 2.24) is 9.99 Å². The maximum absolute atomic E-state index is 12.1. The van der Waals surface area contributed by atoms with Crippen LogP contribution in [0.3, 0.4) is 0 Å². The Morgan fingerprint density at radius 3 is 2.22 bits per heavy atom. The molecule has 2 heterocycles. The van der Waals surface area contributed by atoms with Gasteiger partial charge >= 0.3 is 11.9 Å². The largest absolute Gasteiger partial charge is 0.473 e. The number of aromatic nitrogens is 1. The molecule has 2 N–H and O–H groups in total. The smallest absolute Gasteiger partial charge is 0.414 e. The van der Waals surface area contributed by atoms with Crippen molar-refractivity contribution in [3.8, 4) is 0 Å². The lowest BCUT2D eigenvalue weighted by molar-refractivity contribution is -0.159. The fraction of sp³-hybridized carbons (Fsp3) is 0.167. The van der Waals surface area contributed by atoms with Crippen LogP contribution in [0, 0.1) is 0 Å². The van der Waals surface area contributed by atoms with Crippen LogP contribution >= 0.6 is 0 Å². The fourth-order valence-electron chi connectivity index (χ4n) is 2.19. The van der Waals surface area contributed by atoms with Gasteiger partial charge in [-0.05, 0) is 36.8 Å². The Kier molecular flexibility index (Phi) is 6.59. The fourth-order valence-corrected chi connectivity index (χ4v) is 2.19. The molecular formula is C18H17N3O6. The Labute approximate surface area is 154 Å². The van der Waals surface area contributed by atoms with Crippen LogP contribution in [0.1, 0.15) is 24.1 Å². The Morgan fingerprint density at radius 2 is 1.67 bits per heavy atom. The lowest BCUT2D eigenvalue weighted by atomic mass is 10.1. The van der Waals surface area contributed by atoms with E-state index in [1.165, 1.54) is 5.01 Å². The molecule has 140 valence electrons. The van der Waals surface area contributed by atoms with Gasteiger partial charge in [0.15, 0.2) is 6.61 Å². The molecule has 0 bridgehead atoms. The lowest BCUT2D eigenvalue weighted by Gasteiger charge is -2.29. The summed E-state index contributed by atoms with van der Waals surface area (Å²) in [4.78, 5) is 34.3. The van der Waals surface area contributed by atoms with Crippen molar-refractivity contribution in [3.63, 3.8) is 0 Å². The number of carbonyl (C=O) groups is 3. The van der Waals surface area contributed by atoms with Gasteiger partial charge in [-0.25, -0.2) is 14.6 Å². The zero-order valence-electron chi connectivity index (χ0n) is 14.3. The molecule has 0 aliphatic carbocycles.